The lowest BCUT2D eigenvalue weighted by Gasteiger charge is -2.14. The number of hydrogen-bond donors (Lipinski definition) is 3. The lowest BCUT2D eigenvalue weighted by atomic mass is 9.95. The maximum absolute atomic E-state index is 12.4. The van der Waals surface area contributed by atoms with Gasteiger partial charge in [0, 0.05) is 16.8 Å². The summed E-state index contributed by atoms with van der Waals surface area (Å²) in [5, 5.41) is 33.4. The highest BCUT2D eigenvalue weighted by Crippen LogP contribution is 2.48. The largest absolute Gasteiger partial charge is 0.507 e. The van der Waals surface area contributed by atoms with Crippen LogP contribution in [-0.4, -0.2) is 15.3 Å². The molecule has 25 heavy (non-hydrogen) atoms. The first-order valence-electron chi connectivity index (χ1n) is 7.85. The van der Waals surface area contributed by atoms with E-state index in [2.05, 4.69) is 0 Å². The normalized spacial score (nSPS) is 11.6. The van der Waals surface area contributed by atoms with Crippen LogP contribution in [0.15, 0.2) is 33.5 Å². The van der Waals surface area contributed by atoms with Crippen molar-refractivity contribution in [3.05, 3.63) is 51.4 Å². The molecule has 0 aliphatic rings. The minimum atomic E-state index is -0.220. The first kappa shape index (κ1) is 15.3. The summed E-state index contributed by atoms with van der Waals surface area (Å²) >= 11 is 0. The van der Waals surface area contributed by atoms with Crippen molar-refractivity contribution < 1.29 is 19.7 Å². The maximum Gasteiger partial charge on any atom is 0.193 e. The van der Waals surface area contributed by atoms with E-state index in [0.29, 0.717) is 33.0 Å². The van der Waals surface area contributed by atoms with E-state index < -0.39 is 0 Å². The average molecular weight is 336 g/mol. The molecule has 0 fully saturated rings. The quantitative estimate of drug-likeness (QED) is 0.255. The van der Waals surface area contributed by atoms with E-state index in [1.807, 2.05) is 0 Å². The van der Waals surface area contributed by atoms with Crippen molar-refractivity contribution in [2.24, 2.45) is 0 Å². The fourth-order valence-electron chi connectivity index (χ4n) is 3.47. The zero-order valence-electron chi connectivity index (χ0n) is 14.0. The molecule has 0 amide bonds. The Bertz CT molecular complexity index is 1270. The van der Waals surface area contributed by atoms with Gasteiger partial charge in [0.15, 0.2) is 5.43 Å². The van der Waals surface area contributed by atoms with E-state index in [9.17, 15) is 20.1 Å². The molecule has 0 unspecified atom stereocenters. The van der Waals surface area contributed by atoms with Gasteiger partial charge in [-0.15, -0.1) is 0 Å². The fourth-order valence-corrected chi connectivity index (χ4v) is 3.47. The smallest absolute Gasteiger partial charge is 0.193 e. The summed E-state index contributed by atoms with van der Waals surface area (Å²) in [6.07, 6.45) is 0. The van der Waals surface area contributed by atoms with Crippen LogP contribution in [0, 0.1) is 20.8 Å². The SMILES string of the molecule is Cc1cc(=O)c2c(C)cc3c(O)c4ccc(C)c(O)c4c(O)c3c2o1. The van der Waals surface area contributed by atoms with Gasteiger partial charge in [0.05, 0.1) is 16.2 Å². The van der Waals surface area contributed by atoms with E-state index in [4.69, 9.17) is 4.42 Å². The zero-order chi connectivity index (χ0) is 18.0. The van der Waals surface area contributed by atoms with Gasteiger partial charge >= 0.3 is 0 Å². The number of hydrogen-bond acceptors (Lipinski definition) is 5. The van der Waals surface area contributed by atoms with Crippen molar-refractivity contribution in [1.82, 2.24) is 0 Å². The van der Waals surface area contributed by atoms with Gasteiger partial charge in [-0.2, -0.15) is 0 Å². The zero-order valence-corrected chi connectivity index (χ0v) is 14.0. The molecule has 0 aliphatic heterocycles. The Hall–Kier alpha value is -3.21. The summed E-state index contributed by atoms with van der Waals surface area (Å²) in [5.41, 5.74) is 1.19. The Balaban J connectivity index is 2.44. The summed E-state index contributed by atoms with van der Waals surface area (Å²) in [5.74, 6) is -0.0113. The number of rotatable bonds is 0. The molecule has 5 nitrogen and oxygen atoms in total. The van der Waals surface area contributed by atoms with Gasteiger partial charge in [-0.25, -0.2) is 0 Å². The van der Waals surface area contributed by atoms with Crippen molar-refractivity contribution >= 4 is 32.5 Å². The van der Waals surface area contributed by atoms with Crippen LogP contribution in [0.25, 0.3) is 32.5 Å². The van der Waals surface area contributed by atoms with Gasteiger partial charge in [0.1, 0.15) is 28.6 Å². The molecule has 0 spiro atoms. The highest BCUT2D eigenvalue weighted by atomic mass is 16.3. The Labute approximate surface area is 142 Å². The molecule has 5 heteroatoms. The molecule has 0 saturated carbocycles. The van der Waals surface area contributed by atoms with E-state index in [0.717, 1.165) is 0 Å². The first-order chi connectivity index (χ1) is 11.8. The molecule has 0 saturated heterocycles. The molecule has 4 aromatic rings. The fraction of sp³-hybridized carbons (Fsp3) is 0.150. The molecule has 0 radical (unpaired) electrons. The third-order valence-corrected chi connectivity index (χ3v) is 4.69. The lowest BCUT2D eigenvalue weighted by molar-refractivity contribution is 0.460. The van der Waals surface area contributed by atoms with Crippen molar-refractivity contribution in [1.29, 1.82) is 0 Å². The number of aromatic hydroxyl groups is 3. The summed E-state index contributed by atoms with van der Waals surface area (Å²) in [6, 6.07) is 6.35. The van der Waals surface area contributed by atoms with Crippen molar-refractivity contribution in [3.8, 4) is 17.2 Å². The van der Waals surface area contributed by atoms with Crippen LogP contribution in [0.2, 0.25) is 0 Å². The average Bonchev–Trinajstić information content (AvgIpc) is 2.54. The standard InChI is InChI=1S/C20H16O5/c1-8-4-5-11-15(17(8)22)19(24)16-12(18(11)23)6-9(2)14-13(21)7-10(3)25-20(14)16/h4-7,22-24H,1-3H3. The molecule has 0 bridgehead atoms. The van der Waals surface area contributed by atoms with Crippen LogP contribution in [0.4, 0.5) is 0 Å². The summed E-state index contributed by atoms with van der Waals surface area (Å²) in [4.78, 5) is 12.4. The monoisotopic (exact) mass is 336 g/mol. The molecule has 1 aromatic heterocycles. The second-order valence-corrected chi connectivity index (χ2v) is 6.39. The number of fused-ring (bicyclic) bond motifs is 4. The molecule has 126 valence electrons. The van der Waals surface area contributed by atoms with Crippen LogP contribution in [0.1, 0.15) is 16.9 Å². The predicted molar refractivity (Wildman–Crippen MR) is 96.7 cm³/mol. The van der Waals surface area contributed by atoms with E-state index in [1.165, 1.54) is 6.07 Å². The molecule has 3 aromatic carbocycles. The van der Waals surface area contributed by atoms with Gasteiger partial charge in [-0.05, 0) is 44.0 Å². The third kappa shape index (κ3) is 1.92. The molecular weight excluding hydrogens is 320 g/mol. The Morgan fingerprint density at radius 2 is 1.48 bits per heavy atom. The van der Waals surface area contributed by atoms with Gasteiger partial charge in [0.25, 0.3) is 0 Å². The minimum Gasteiger partial charge on any atom is -0.507 e. The topological polar surface area (TPSA) is 90.9 Å². The molecule has 0 atom stereocenters. The van der Waals surface area contributed by atoms with Gasteiger partial charge in [0.2, 0.25) is 0 Å². The Morgan fingerprint density at radius 3 is 2.20 bits per heavy atom. The number of aryl methyl sites for hydroxylation is 3. The maximum atomic E-state index is 12.4. The molecular formula is C20H16O5. The summed E-state index contributed by atoms with van der Waals surface area (Å²) in [7, 11) is 0. The van der Waals surface area contributed by atoms with Crippen LogP contribution in [-0.2, 0) is 0 Å². The van der Waals surface area contributed by atoms with Crippen molar-refractivity contribution in [2.75, 3.05) is 0 Å². The molecule has 1 heterocycles. The van der Waals surface area contributed by atoms with Crippen LogP contribution in [0.3, 0.4) is 0 Å². The Kier molecular flexibility index (Phi) is 3.00. The van der Waals surface area contributed by atoms with E-state index >= 15 is 0 Å². The number of phenolic OH excluding ortho intramolecular Hbond substituents is 3. The summed E-state index contributed by atoms with van der Waals surface area (Å²) < 4.78 is 5.74. The molecule has 3 N–H and O–H groups in total. The van der Waals surface area contributed by atoms with Gasteiger partial charge in [-0.3, -0.25) is 4.79 Å². The number of benzene rings is 3. The van der Waals surface area contributed by atoms with Gasteiger partial charge in [-0.1, -0.05) is 6.07 Å². The van der Waals surface area contributed by atoms with E-state index in [1.54, 1.807) is 39.0 Å². The van der Waals surface area contributed by atoms with Crippen molar-refractivity contribution in [3.63, 3.8) is 0 Å². The minimum absolute atomic E-state index is 0.0766. The highest BCUT2D eigenvalue weighted by Gasteiger charge is 2.22. The lowest BCUT2D eigenvalue weighted by Crippen LogP contribution is -2.03. The molecule has 0 aliphatic carbocycles. The molecule has 4 rings (SSSR count). The summed E-state index contributed by atoms with van der Waals surface area (Å²) in [6.45, 7) is 5.10. The predicted octanol–water partition coefficient (Wildman–Crippen LogP) is 4.14. The third-order valence-electron chi connectivity index (χ3n) is 4.69. The Morgan fingerprint density at radius 1 is 0.760 bits per heavy atom. The number of phenols is 3. The second kappa shape index (κ2) is 4.89. The van der Waals surface area contributed by atoms with Crippen LogP contribution < -0.4 is 5.43 Å². The second-order valence-electron chi connectivity index (χ2n) is 6.39. The van der Waals surface area contributed by atoms with E-state index in [-0.39, 0.29) is 39.0 Å². The van der Waals surface area contributed by atoms with Crippen LogP contribution in [0.5, 0.6) is 17.2 Å². The van der Waals surface area contributed by atoms with Crippen LogP contribution >= 0.6 is 0 Å². The first-order valence-corrected chi connectivity index (χ1v) is 7.85. The van der Waals surface area contributed by atoms with Gasteiger partial charge < -0.3 is 19.7 Å². The highest BCUT2D eigenvalue weighted by molar-refractivity contribution is 6.20. The van der Waals surface area contributed by atoms with Crippen molar-refractivity contribution in [2.45, 2.75) is 20.8 Å².